The quantitative estimate of drug-likeness (QED) is 0.123. The molecular formula is C19H31N7O14P3S. The number of aliphatic hydroxyl groups excluding tert-OH is 2. The van der Waals surface area contributed by atoms with Crippen molar-refractivity contribution in [3.05, 3.63) is 12.7 Å². The third-order valence-electron chi connectivity index (χ3n) is 7.02. The first-order valence-electron chi connectivity index (χ1n) is 12.5. The lowest BCUT2D eigenvalue weighted by molar-refractivity contribution is -0.247. The highest BCUT2D eigenvalue weighted by molar-refractivity contribution is 8.54. The summed E-state index contributed by atoms with van der Waals surface area (Å²) >= 11 is -0.297. The second-order valence-electron chi connectivity index (χ2n) is 11.1. The number of carbonyl (C=O) groups is 1. The number of carbonyl (C=O) groups excluding carboxylic acids is 1. The van der Waals surface area contributed by atoms with Gasteiger partial charge in [0.25, 0.3) is 0 Å². The van der Waals surface area contributed by atoms with Crippen LogP contribution in [0.2, 0.25) is 0 Å². The third kappa shape index (κ3) is 7.35. The molecule has 21 nitrogen and oxygen atoms in total. The van der Waals surface area contributed by atoms with Crippen molar-refractivity contribution in [2.24, 2.45) is 5.92 Å². The molecule has 2 aliphatic heterocycles. The number of aliphatic hydroxyl groups is 2. The average molecular weight is 706 g/mol. The minimum Gasteiger partial charge on any atom is -0.387 e. The fraction of sp³-hybridized carbons (Fsp3) is 0.684. The topological polar surface area (TPSA) is 311 Å². The second kappa shape index (κ2) is 12.2. The molecule has 2 saturated heterocycles. The zero-order valence-corrected chi connectivity index (χ0v) is 26.9. The molecule has 1 radical (unpaired) electrons. The van der Waals surface area contributed by atoms with E-state index >= 15 is 0 Å². The monoisotopic (exact) mass is 706 g/mol. The summed E-state index contributed by atoms with van der Waals surface area (Å²) in [5.74, 6) is -1.75. The van der Waals surface area contributed by atoms with Crippen LogP contribution in [0.25, 0.3) is 11.2 Å². The average Bonchev–Trinajstić information content (AvgIpc) is 3.49. The van der Waals surface area contributed by atoms with E-state index in [1.165, 1.54) is 24.7 Å². The molecular weight excluding hydrogens is 675 g/mol. The van der Waals surface area contributed by atoms with Crippen LogP contribution in [-0.4, -0.2) is 91.4 Å². The highest BCUT2D eigenvalue weighted by atomic mass is 32.7. The van der Waals surface area contributed by atoms with Crippen LogP contribution in [-0.2, 0) is 41.6 Å². The molecule has 0 aliphatic carbocycles. The Morgan fingerprint density at radius 3 is 2.39 bits per heavy atom. The number of rotatable bonds is 11. The molecule has 0 spiro atoms. The van der Waals surface area contributed by atoms with Crippen molar-refractivity contribution < 1.29 is 66.5 Å². The van der Waals surface area contributed by atoms with Crippen LogP contribution in [0.4, 0.5) is 5.82 Å². The first-order chi connectivity index (χ1) is 20.1. The Balaban J connectivity index is 1.32. The maximum atomic E-state index is 12.7. The van der Waals surface area contributed by atoms with Crippen molar-refractivity contribution >= 4 is 56.9 Å². The number of phosphoric ester groups is 1. The van der Waals surface area contributed by atoms with Gasteiger partial charge in [0, 0.05) is 5.54 Å². The zero-order valence-electron chi connectivity index (χ0n) is 23.4. The van der Waals surface area contributed by atoms with Crippen molar-refractivity contribution in [2.45, 2.75) is 69.7 Å². The number of aromatic nitrogens is 4. The van der Waals surface area contributed by atoms with Crippen molar-refractivity contribution in [1.29, 1.82) is 0 Å². The molecule has 2 fully saturated rings. The SMILES string of the molecule is CC1(C)CC(C(=O)NSP(=O)(O)OP(=O)(O)OP(=O)(O)OC[C@H]2O[C@@H](n3cnc4c(N)ncnc43)[C@H](O)[C@@H]2O)C(C)(C)N1[O]. The summed E-state index contributed by atoms with van der Waals surface area (Å²) in [7, 11) is -11.4. The molecule has 8 N–H and O–H groups in total. The lowest BCUT2D eigenvalue weighted by Gasteiger charge is -2.33. The van der Waals surface area contributed by atoms with Gasteiger partial charge in [-0.15, -0.1) is 10.3 Å². The molecule has 2 aromatic heterocycles. The van der Waals surface area contributed by atoms with Gasteiger partial charge in [0.15, 0.2) is 17.7 Å². The van der Waals surface area contributed by atoms with Crippen LogP contribution in [0.15, 0.2) is 12.7 Å². The van der Waals surface area contributed by atoms with Crippen LogP contribution in [0, 0.1) is 5.92 Å². The fourth-order valence-electron chi connectivity index (χ4n) is 4.98. The summed E-state index contributed by atoms with van der Waals surface area (Å²) in [6, 6.07) is 0. The van der Waals surface area contributed by atoms with E-state index in [-0.39, 0.29) is 35.0 Å². The molecule has 0 bridgehead atoms. The number of hydrogen-bond donors (Lipinski definition) is 7. The highest BCUT2D eigenvalue weighted by Crippen LogP contribution is 2.71. The summed E-state index contributed by atoms with van der Waals surface area (Å²) in [4.78, 5) is 54.2. The largest absolute Gasteiger partial charge is 0.489 e. The van der Waals surface area contributed by atoms with E-state index in [9.17, 15) is 48.6 Å². The Morgan fingerprint density at radius 2 is 1.77 bits per heavy atom. The van der Waals surface area contributed by atoms with E-state index in [1.807, 2.05) is 4.72 Å². The Kier molecular flexibility index (Phi) is 9.80. The predicted molar refractivity (Wildman–Crippen MR) is 148 cm³/mol. The first-order valence-corrected chi connectivity index (χ1v) is 18.5. The number of ether oxygens (including phenoxy) is 1. The summed E-state index contributed by atoms with van der Waals surface area (Å²) in [6.45, 7) is 0.0000427. The fourth-order valence-corrected chi connectivity index (χ4v) is 10.1. The zero-order chi connectivity index (χ0) is 33.0. The molecule has 2 aliphatic rings. The first kappa shape index (κ1) is 35.3. The number of hydrogen-bond acceptors (Lipinski definition) is 16. The Morgan fingerprint density at radius 1 is 1.11 bits per heavy atom. The number of imidazole rings is 1. The van der Waals surface area contributed by atoms with E-state index < -0.39 is 76.5 Å². The van der Waals surface area contributed by atoms with Gasteiger partial charge >= 0.3 is 22.4 Å². The van der Waals surface area contributed by atoms with Gasteiger partial charge in [-0.25, -0.2) is 28.6 Å². The van der Waals surface area contributed by atoms with Gasteiger partial charge in [-0.05, 0) is 34.1 Å². The maximum absolute atomic E-state index is 12.7. The summed E-state index contributed by atoms with van der Waals surface area (Å²) in [6.07, 6.45) is -3.75. The van der Waals surface area contributed by atoms with E-state index in [1.54, 1.807) is 13.8 Å². The predicted octanol–water partition coefficient (Wildman–Crippen LogP) is 0.368. The Labute approximate surface area is 253 Å². The molecule has 247 valence electrons. The molecule has 4 heterocycles. The number of anilines is 1. The number of nitrogens with zero attached hydrogens (tertiary/aromatic N) is 5. The number of hydroxylamine groups is 2. The number of nitrogens with one attached hydrogen (secondary N) is 1. The minimum absolute atomic E-state index is 0.0290. The molecule has 8 atom stereocenters. The van der Waals surface area contributed by atoms with Gasteiger partial charge in [-0.3, -0.25) is 18.6 Å². The lowest BCUT2D eigenvalue weighted by Crippen LogP contribution is -2.48. The molecule has 25 heteroatoms. The molecule has 4 unspecified atom stereocenters. The maximum Gasteiger partial charge on any atom is 0.489 e. The van der Waals surface area contributed by atoms with Crippen LogP contribution in [0.1, 0.15) is 40.3 Å². The van der Waals surface area contributed by atoms with Gasteiger partial charge in [-0.2, -0.15) is 8.62 Å². The van der Waals surface area contributed by atoms with Crippen molar-refractivity contribution in [3.63, 3.8) is 0 Å². The number of amides is 1. The molecule has 0 aromatic carbocycles. The molecule has 1 amide bonds. The Bertz CT molecular complexity index is 1560. The van der Waals surface area contributed by atoms with Crippen molar-refractivity contribution in [3.8, 4) is 0 Å². The Hall–Kier alpha value is -1.58. The number of fused-ring (bicyclic) bond motifs is 1. The lowest BCUT2D eigenvalue weighted by atomic mass is 9.86. The van der Waals surface area contributed by atoms with Crippen LogP contribution < -0.4 is 10.5 Å². The van der Waals surface area contributed by atoms with Gasteiger partial charge < -0.3 is 35.4 Å². The van der Waals surface area contributed by atoms with E-state index in [2.05, 4.69) is 28.1 Å². The minimum atomic E-state index is -5.82. The molecule has 44 heavy (non-hydrogen) atoms. The van der Waals surface area contributed by atoms with Gasteiger partial charge in [-0.1, -0.05) is 0 Å². The van der Waals surface area contributed by atoms with E-state index in [4.69, 9.17) is 10.5 Å². The van der Waals surface area contributed by atoms with Gasteiger partial charge in [0.05, 0.1) is 36.0 Å². The van der Waals surface area contributed by atoms with Gasteiger partial charge in [0.2, 0.25) is 5.91 Å². The highest BCUT2D eigenvalue weighted by Gasteiger charge is 2.55. The van der Waals surface area contributed by atoms with Crippen LogP contribution in [0.3, 0.4) is 0 Å². The second-order valence-corrected chi connectivity index (χ2v) is 17.8. The van der Waals surface area contributed by atoms with E-state index in [0.717, 1.165) is 11.4 Å². The summed E-state index contributed by atoms with van der Waals surface area (Å²) in [5.41, 5.74) is 3.93. The normalized spacial score (nSPS) is 30.9. The number of nitrogen functional groups attached to an aromatic ring is 1. The van der Waals surface area contributed by atoms with Crippen molar-refractivity contribution in [2.75, 3.05) is 12.3 Å². The van der Waals surface area contributed by atoms with Crippen LogP contribution in [0.5, 0.6) is 0 Å². The molecule has 0 saturated carbocycles. The summed E-state index contributed by atoms with van der Waals surface area (Å²) in [5, 5.41) is 34.1. The third-order valence-corrected chi connectivity index (χ3v) is 12.9. The number of nitrogens with two attached hydrogens (primary N) is 1. The smallest absolute Gasteiger partial charge is 0.387 e. The van der Waals surface area contributed by atoms with E-state index in [0.29, 0.717) is 0 Å². The summed E-state index contributed by atoms with van der Waals surface area (Å²) < 4.78 is 58.5. The number of phosphoric acid groups is 2. The van der Waals surface area contributed by atoms with Crippen molar-refractivity contribution in [1.82, 2.24) is 29.3 Å². The molecule has 4 rings (SSSR count). The molecule has 2 aromatic rings. The van der Waals surface area contributed by atoms with Gasteiger partial charge in [0.1, 0.15) is 30.2 Å². The van der Waals surface area contributed by atoms with Crippen LogP contribution >= 0.6 is 34.0 Å². The standard InChI is InChI=1S/C19H31N7O14P3S/c1-18(2)5-9(19(3,4)26(18)30)16(29)24-44-43(35,36)40-42(33,34)39-41(31,32)37-6-10-12(27)13(28)17(38-10)25-8-23-11-14(20)21-7-22-15(11)25/h7-10,12-13,17,27-28H,5-6H2,1-4H3,(H,24,29)(H,31,32)(H,33,34)(H,35,36)(H2,20,21,22)/t9?,10-,12-,13-,17-/m1/s1.